The third-order valence-corrected chi connectivity index (χ3v) is 12.0. The van der Waals surface area contributed by atoms with Crippen molar-refractivity contribution < 1.29 is 38.5 Å². The van der Waals surface area contributed by atoms with Crippen LogP contribution in [0.5, 0.6) is 0 Å². The topological polar surface area (TPSA) is 135 Å². The summed E-state index contributed by atoms with van der Waals surface area (Å²) in [7, 11) is 1.52. The first-order valence-electron chi connectivity index (χ1n) is 18.3. The maximum atomic E-state index is 15.3. The molecule has 11 nitrogen and oxygen atoms in total. The highest BCUT2D eigenvalue weighted by Gasteiger charge is 2.75. The zero-order valence-corrected chi connectivity index (χ0v) is 30.9. The Balaban J connectivity index is 1.37. The number of carbonyl (C=O) groups is 4. The fourth-order valence-electron chi connectivity index (χ4n) is 8.95. The number of aliphatic hydroxyl groups excluding tert-OH is 1. The number of methoxy groups -OCH3 is 1. The second-order valence-electron chi connectivity index (χ2n) is 14.4. The monoisotopic (exact) mass is 775 g/mol. The van der Waals surface area contributed by atoms with Gasteiger partial charge < -0.3 is 34.4 Å². The highest BCUT2D eigenvalue weighted by Crippen LogP contribution is 2.60. The van der Waals surface area contributed by atoms with Gasteiger partial charge in [-0.25, -0.2) is 0 Å². The van der Waals surface area contributed by atoms with E-state index in [1.807, 2.05) is 77.7 Å². The van der Waals surface area contributed by atoms with Gasteiger partial charge in [-0.3, -0.25) is 19.2 Å². The molecular formula is C40H46BrN3O8. The van der Waals surface area contributed by atoms with Crippen LogP contribution >= 0.6 is 15.9 Å². The summed E-state index contributed by atoms with van der Waals surface area (Å²) >= 11 is 3.65. The molecule has 3 fully saturated rings. The van der Waals surface area contributed by atoms with Crippen molar-refractivity contribution in [2.24, 2.45) is 11.8 Å². The summed E-state index contributed by atoms with van der Waals surface area (Å²) in [4.78, 5) is 61.7. The van der Waals surface area contributed by atoms with Crippen LogP contribution in [-0.2, 0) is 33.4 Å². The van der Waals surface area contributed by atoms with E-state index in [2.05, 4.69) is 21.2 Å². The summed E-state index contributed by atoms with van der Waals surface area (Å²) in [5.41, 5.74) is -0.196. The second-order valence-corrected chi connectivity index (χ2v) is 15.3. The number of amides is 3. The number of hydrogen-bond donors (Lipinski definition) is 2. The predicted octanol–water partition coefficient (Wildman–Crippen LogP) is 4.52. The Morgan fingerprint density at radius 3 is 2.37 bits per heavy atom. The number of fused-ring (bicyclic) bond motifs is 2. The zero-order valence-electron chi connectivity index (χ0n) is 29.3. The smallest absolute Gasteiger partial charge is 0.313 e. The zero-order chi connectivity index (χ0) is 36.4. The van der Waals surface area contributed by atoms with E-state index in [-0.39, 0.29) is 37.4 Å². The third kappa shape index (κ3) is 6.63. The number of halogens is 1. The van der Waals surface area contributed by atoms with Gasteiger partial charge in [0.05, 0.1) is 31.2 Å². The molecule has 1 spiro atoms. The maximum absolute atomic E-state index is 15.3. The number of hydrogen-bond acceptors (Lipinski definition) is 8. The first kappa shape index (κ1) is 36.5. The van der Waals surface area contributed by atoms with Gasteiger partial charge in [0, 0.05) is 30.6 Å². The predicted molar refractivity (Wildman–Crippen MR) is 195 cm³/mol. The Morgan fingerprint density at radius 1 is 0.962 bits per heavy atom. The van der Waals surface area contributed by atoms with Crippen LogP contribution in [0.15, 0.2) is 83.4 Å². The highest BCUT2D eigenvalue weighted by molar-refractivity contribution is 9.11. The fourth-order valence-corrected chi connectivity index (χ4v) is 9.69. The van der Waals surface area contributed by atoms with Gasteiger partial charge in [0.25, 0.3) is 0 Å². The van der Waals surface area contributed by atoms with E-state index in [4.69, 9.17) is 14.2 Å². The van der Waals surface area contributed by atoms with Crippen molar-refractivity contribution in [2.75, 3.05) is 26.9 Å². The molecule has 8 atom stereocenters. The molecule has 2 aromatic rings. The number of cyclic esters (lactones) is 1. The average molecular weight is 777 g/mol. The minimum Gasteiger partial charge on any atom is -0.455 e. The van der Waals surface area contributed by atoms with Crippen LogP contribution in [0.25, 0.3) is 0 Å². The minimum absolute atomic E-state index is 0.0604. The van der Waals surface area contributed by atoms with E-state index in [1.54, 1.807) is 6.08 Å². The molecule has 0 unspecified atom stereocenters. The summed E-state index contributed by atoms with van der Waals surface area (Å²) in [6, 6.07) is 15.4. The minimum atomic E-state index is -1.50. The Morgan fingerprint density at radius 2 is 1.67 bits per heavy atom. The third-order valence-electron chi connectivity index (χ3n) is 11.3. The number of aliphatic hydroxyl groups is 1. The molecule has 4 heterocycles. The van der Waals surface area contributed by atoms with Gasteiger partial charge in [-0.15, -0.1) is 0 Å². The molecule has 0 radical (unpaired) electrons. The first-order chi connectivity index (χ1) is 25.3. The summed E-state index contributed by atoms with van der Waals surface area (Å²) in [5.74, 6) is -3.90. The molecule has 5 bridgehead atoms. The van der Waals surface area contributed by atoms with Gasteiger partial charge in [0.2, 0.25) is 17.7 Å². The Kier molecular flexibility index (Phi) is 11.0. The lowest BCUT2D eigenvalue weighted by molar-refractivity contribution is -0.163. The van der Waals surface area contributed by atoms with E-state index in [0.29, 0.717) is 22.0 Å². The molecule has 276 valence electrons. The van der Waals surface area contributed by atoms with E-state index < -0.39 is 66.3 Å². The maximum Gasteiger partial charge on any atom is 0.313 e. The lowest BCUT2D eigenvalue weighted by Gasteiger charge is -2.42. The van der Waals surface area contributed by atoms with Crippen molar-refractivity contribution in [2.45, 2.75) is 86.9 Å². The van der Waals surface area contributed by atoms with Crippen molar-refractivity contribution in [1.82, 2.24) is 15.1 Å². The van der Waals surface area contributed by atoms with E-state index >= 15 is 9.59 Å². The molecule has 2 saturated heterocycles. The molecule has 1 aliphatic carbocycles. The van der Waals surface area contributed by atoms with Crippen molar-refractivity contribution in [3.8, 4) is 0 Å². The number of carbonyl (C=O) groups excluding carboxylic acids is 4. The van der Waals surface area contributed by atoms with Gasteiger partial charge >= 0.3 is 5.97 Å². The summed E-state index contributed by atoms with van der Waals surface area (Å²) in [6.45, 7) is -0.101. The summed E-state index contributed by atoms with van der Waals surface area (Å²) in [5, 5.41) is 14.0. The van der Waals surface area contributed by atoms with E-state index in [9.17, 15) is 14.7 Å². The first-order valence-corrected chi connectivity index (χ1v) is 19.1. The number of rotatable bonds is 7. The quantitative estimate of drug-likeness (QED) is 0.310. The number of likely N-dealkylation sites (tertiary alicyclic amines) is 1. The lowest BCUT2D eigenvalue weighted by atomic mass is 9.74. The van der Waals surface area contributed by atoms with Gasteiger partial charge in [-0.2, -0.15) is 0 Å². The van der Waals surface area contributed by atoms with Crippen LogP contribution in [0.1, 0.15) is 68.2 Å². The van der Waals surface area contributed by atoms with Crippen molar-refractivity contribution >= 4 is 39.6 Å². The largest absolute Gasteiger partial charge is 0.455 e. The fraction of sp³-hybridized carbons (Fsp3) is 0.500. The number of benzene rings is 2. The Labute approximate surface area is 312 Å². The number of nitrogens with one attached hydrogen (secondary N) is 1. The van der Waals surface area contributed by atoms with Crippen LogP contribution in [0.3, 0.4) is 0 Å². The van der Waals surface area contributed by atoms with Crippen molar-refractivity contribution in [1.29, 1.82) is 0 Å². The molecular weight excluding hydrogens is 730 g/mol. The Hall–Kier alpha value is -3.84. The van der Waals surface area contributed by atoms with Crippen LogP contribution in [0.4, 0.5) is 0 Å². The van der Waals surface area contributed by atoms with Crippen molar-refractivity contribution in [3.63, 3.8) is 0 Å². The summed E-state index contributed by atoms with van der Waals surface area (Å²) < 4.78 is 19.2. The molecule has 52 heavy (non-hydrogen) atoms. The molecule has 1 saturated carbocycles. The number of esters is 1. The van der Waals surface area contributed by atoms with Crippen LogP contribution in [-0.4, -0.2) is 95.3 Å². The number of ether oxygens (including phenoxy) is 3. The second kappa shape index (κ2) is 15.6. The van der Waals surface area contributed by atoms with Gasteiger partial charge in [-0.05, 0) is 36.5 Å². The molecule has 3 amide bonds. The standard InChI is InChI=1S/C40H46BrN3O8/c1-50-24-29-34(26-16-8-3-9-17-26)51-39(49)32-33-37(47)44(30(23-45)25-14-6-2-7-15-25)36(40(33)22-28(41)35(32)52-40)38(48)43(27-18-10-4-11-19-27)21-13-5-12-20-31(46)42-29/h2-3,5-9,13-17,22,27,29-30,32-36,45H,4,10-12,18-21,23-24H2,1H3,(H,42,46)/b13-5-/t29-,30-,32+,33-,34-,35+,36+,40-/m1/s1. The van der Waals surface area contributed by atoms with E-state index in [1.165, 1.54) is 12.0 Å². The number of allylic oxidation sites excluding steroid dienone is 1. The summed E-state index contributed by atoms with van der Waals surface area (Å²) in [6.07, 6.45) is 9.08. The van der Waals surface area contributed by atoms with Gasteiger partial charge in [-0.1, -0.05) is 108 Å². The Bertz CT molecular complexity index is 1700. The van der Waals surface area contributed by atoms with E-state index in [0.717, 1.165) is 32.1 Å². The molecule has 5 aliphatic rings. The average Bonchev–Trinajstić information content (AvgIpc) is 3.76. The molecule has 4 aliphatic heterocycles. The lowest BCUT2D eigenvalue weighted by Crippen LogP contribution is -2.58. The van der Waals surface area contributed by atoms with Crippen LogP contribution < -0.4 is 5.32 Å². The molecule has 7 rings (SSSR count). The molecule has 2 N–H and O–H groups in total. The SMILES string of the molecule is COC[C@H]1NC(=O)CC/C=C\CN(C2CCCCC2)C(=O)[C@@H]2N([C@H](CO)c3ccccc3)C(=O)[C@H]3[C@H](C(=O)O[C@@H]1c1ccccc1)[C@H]1O[C@@]23C=C1Br. The number of nitrogens with zero attached hydrogens (tertiary/aromatic N) is 2. The van der Waals surface area contributed by atoms with Crippen LogP contribution in [0, 0.1) is 11.8 Å². The molecule has 2 aromatic carbocycles. The van der Waals surface area contributed by atoms with Gasteiger partial charge in [0.15, 0.2) is 0 Å². The van der Waals surface area contributed by atoms with Crippen LogP contribution in [0.2, 0.25) is 0 Å². The van der Waals surface area contributed by atoms with Crippen molar-refractivity contribution in [3.05, 3.63) is 94.5 Å². The van der Waals surface area contributed by atoms with Gasteiger partial charge in [0.1, 0.15) is 29.8 Å². The molecule has 0 aromatic heterocycles. The highest BCUT2D eigenvalue weighted by atomic mass is 79.9. The molecule has 12 heteroatoms. The normalized spacial score (nSPS) is 32.6.